The molecule has 2 fully saturated rings. The zero-order chi connectivity index (χ0) is 15.7. The number of nitrogens with zero attached hydrogens (tertiary/aromatic N) is 3. The fourth-order valence-electron chi connectivity index (χ4n) is 3.18. The standard InChI is InChI=1S/C16H20ClN3O2/c1-2-18-6-8-19(9-7-18)14-11-15(21)20(16(14)22)13-5-3-4-12(17)10-13/h3-5,10,14H,2,6-9,11H2,1H3. The molecule has 5 nitrogen and oxygen atoms in total. The smallest absolute Gasteiger partial charge is 0.251 e. The number of rotatable bonds is 3. The van der Waals surface area contributed by atoms with Crippen molar-refractivity contribution < 1.29 is 9.59 Å². The van der Waals surface area contributed by atoms with Gasteiger partial charge in [-0.2, -0.15) is 0 Å². The molecule has 2 amide bonds. The van der Waals surface area contributed by atoms with Crippen LogP contribution in [0, 0.1) is 0 Å². The number of anilines is 1. The van der Waals surface area contributed by atoms with Crippen LogP contribution in [0.2, 0.25) is 5.02 Å². The van der Waals surface area contributed by atoms with Crippen molar-refractivity contribution in [3.8, 4) is 0 Å². The van der Waals surface area contributed by atoms with Crippen molar-refractivity contribution in [1.29, 1.82) is 0 Å². The first-order valence-electron chi connectivity index (χ1n) is 7.69. The largest absolute Gasteiger partial charge is 0.301 e. The van der Waals surface area contributed by atoms with Crippen LogP contribution >= 0.6 is 11.6 Å². The molecule has 0 bridgehead atoms. The molecule has 0 N–H and O–H groups in total. The quantitative estimate of drug-likeness (QED) is 0.793. The number of benzene rings is 1. The summed E-state index contributed by atoms with van der Waals surface area (Å²) in [4.78, 5) is 30.7. The van der Waals surface area contributed by atoms with E-state index in [-0.39, 0.29) is 24.3 Å². The number of imide groups is 1. The number of hydrogen-bond acceptors (Lipinski definition) is 4. The Hall–Kier alpha value is -1.43. The highest BCUT2D eigenvalue weighted by atomic mass is 35.5. The summed E-state index contributed by atoms with van der Waals surface area (Å²) in [5, 5.41) is 0.526. The van der Waals surface area contributed by atoms with E-state index < -0.39 is 0 Å². The Morgan fingerprint density at radius 2 is 1.91 bits per heavy atom. The molecule has 2 aliphatic rings. The Labute approximate surface area is 135 Å². The summed E-state index contributed by atoms with van der Waals surface area (Å²) in [6, 6.07) is 6.57. The van der Waals surface area contributed by atoms with Crippen LogP contribution in [0.4, 0.5) is 5.69 Å². The van der Waals surface area contributed by atoms with Gasteiger partial charge in [0.1, 0.15) is 0 Å². The average Bonchev–Trinajstić information content (AvgIpc) is 2.82. The molecular weight excluding hydrogens is 302 g/mol. The predicted octanol–water partition coefficient (Wildman–Crippen LogP) is 1.61. The van der Waals surface area contributed by atoms with E-state index in [0.29, 0.717) is 10.7 Å². The lowest BCUT2D eigenvalue weighted by atomic mass is 10.1. The van der Waals surface area contributed by atoms with Crippen molar-refractivity contribution in [3.63, 3.8) is 0 Å². The molecule has 1 unspecified atom stereocenters. The third kappa shape index (κ3) is 2.89. The molecule has 2 saturated heterocycles. The van der Waals surface area contributed by atoms with Gasteiger partial charge in [-0.1, -0.05) is 24.6 Å². The van der Waals surface area contributed by atoms with Crippen LogP contribution in [-0.2, 0) is 9.59 Å². The molecule has 118 valence electrons. The van der Waals surface area contributed by atoms with Gasteiger partial charge in [-0.25, -0.2) is 4.90 Å². The number of hydrogen-bond donors (Lipinski definition) is 0. The van der Waals surface area contributed by atoms with Crippen molar-refractivity contribution in [2.75, 3.05) is 37.6 Å². The zero-order valence-electron chi connectivity index (χ0n) is 12.7. The van der Waals surface area contributed by atoms with Gasteiger partial charge in [-0.05, 0) is 24.7 Å². The second-order valence-electron chi connectivity index (χ2n) is 5.74. The number of piperazine rings is 1. The maximum Gasteiger partial charge on any atom is 0.251 e. The van der Waals surface area contributed by atoms with Crippen LogP contribution in [0.1, 0.15) is 13.3 Å². The van der Waals surface area contributed by atoms with E-state index in [0.717, 1.165) is 32.7 Å². The molecule has 0 aromatic heterocycles. The molecule has 0 aliphatic carbocycles. The number of halogens is 1. The number of carbonyl (C=O) groups is 2. The summed E-state index contributed by atoms with van der Waals surface area (Å²) in [6.07, 6.45) is 0.261. The lowest BCUT2D eigenvalue weighted by Gasteiger charge is -2.36. The molecule has 0 spiro atoms. The highest BCUT2D eigenvalue weighted by Crippen LogP contribution is 2.28. The predicted molar refractivity (Wildman–Crippen MR) is 86.0 cm³/mol. The number of likely N-dealkylation sites (N-methyl/N-ethyl adjacent to an activating group) is 1. The van der Waals surface area contributed by atoms with Crippen LogP contribution < -0.4 is 4.90 Å². The number of carbonyl (C=O) groups excluding carboxylic acids is 2. The van der Waals surface area contributed by atoms with Gasteiger partial charge in [-0.15, -0.1) is 0 Å². The Morgan fingerprint density at radius 1 is 1.18 bits per heavy atom. The lowest BCUT2D eigenvalue weighted by molar-refractivity contribution is -0.123. The number of amides is 2. The van der Waals surface area contributed by atoms with E-state index in [9.17, 15) is 9.59 Å². The first-order valence-corrected chi connectivity index (χ1v) is 8.06. The van der Waals surface area contributed by atoms with Gasteiger partial charge in [0.25, 0.3) is 5.91 Å². The van der Waals surface area contributed by atoms with Crippen molar-refractivity contribution in [2.45, 2.75) is 19.4 Å². The van der Waals surface area contributed by atoms with Crippen LogP contribution in [0.25, 0.3) is 0 Å². The minimum atomic E-state index is -0.328. The zero-order valence-corrected chi connectivity index (χ0v) is 13.4. The summed E-state index contributed by atoms with van der Waals surface area (Å²) < 4.78 is 0. The third-order valence-electron chi connectivity index (χ3n) is 4.48. The van der Waals surface area contributed by atoms with Gasteiger partial charge < -0.3 is 4.90 Å². The second kappa shape index (κ2) is 6.36. The van der Waals surface area contributed by atoms with Crippen LogP contribution in [0.3, 0.4) is 0 Å². The van der Waals surface area contributed by atoms with Crippen molar-refractivity contribution in [1.82, 2.24) is 9.80 Å². The van der Waals surface area contributed by atoms with Gasteiger partial charge in [0, 0.05) is 31.2 Å². The summed E-state index contributed by atoms with van der Waals surface area (Å²) in [5.41, 5.74) is 0.567. The van der Waals surface area contributed by atoms with Crippen molar-refractivity contribution >= 4 is 29.1 Å². The van der Waals surface area contributed by atoms with Crippen molar-refractivity contribution in [3.05, 3.63) is 29.3 Å². The Morgan fingerprint density at radius 3 is 2.55 bits per heavy atom. The molecule has 0 saturated carbocycles. The monoisotopic (exact) mass is 321 g/mol. The summed E-state index contributed by atoms with van der Waals surface area (Å²) in [6.45, 7) is 6.74. The van der Waals surface area contributed by atoms with E-state index >= 15 is 0 Å². The highest BCUT2D eigenvalue weighted by Gasteiger charge is 2.43. The molecule has 1 atom stereocenters. The van der Waals surface area contributed by atoms with E-state index in [1.54, 1.807) is 24.3 Å². The van der Waals surface area contributed by atoms with Crippen molar-refractivity contribution in [2.24, 2.45) is 0 Å². The normalized spacial score (nSPS) is 24.3. The van der Waals surface area contributed by atoms with Gasteiger partial charge in [0.15, 0.2) is 0 Å². The molecule has 2 heterocycles. The van der Waals surface area contributed by atoms with Crippen LogP contribution in [0.5, 0.6) is 0 Å². The summed E-state index contributed by atoms with van der Waals surface area (Å²) >= 11 is 5.97. The Balaban J connectivity index is 1.75. The molecule has 0 radical (unpaired) electrons. The Bertz CT molecular complexity index is 585. The SMILES string of the molecule is CCN1CCN(C2CC(=O)N(c3cccc(Cl)c3)C2=O)CC1. The maximum absolute atomic E-state index is 12.7. The lowest BCUT2D eigenvalue weighted by Crippen LogP contribution is -2.52. The van der Waals surface area contributed by atoms with Gasteiger partial charge in [0.2, 0.25) is 5.91 Å². The molecule has 3 rings (SSSR count). The van der Waals surface area contributed by atoms with Gasteiger partial charge in [-0.3, -0.25) is 14.5 Å². The topological polar surface area (TPSA) is 43.9 Å². The minimum Gasteiger partial charge on any atom is -0.301 e. The second-order valence-corrected chi connectivity index (χ2v) is 6.17. The van der Waals surface area contributed by atoms with E-state index in [2.05, 4.69) is 16.7 Å². The average molecular weight is 322 g/mol. The first kappa shape index (κ1) is 15.5. The van der Waals surface area contributed by atoms with Crippen LogP contribution in [0.15, 0.2) is 24.3 Å². The molecule has 1 aromatic rings. The van der Waals surface area contributed by atoms with E-state index in [1.165, 1.54) is 4.90 Å². The molecular formula is C16H20ClN3O2. The highest BCUT2D eigenvalue weighted by molar-refractivity contribution is 6.31. The minimum absolute atomic E-state index is 0.128. The van der Waals surface area contributed by atoms with Crippen LogP contribution in [-0.4, -0.2) is 60.4 Å². The summed E-state index contributed by atoms with van der Waals surface area (Å²) in [5.74, 6) is -0.271. The fraction of sp³-hybridized carbons (Fsp3) is 0.500. The third-order valence-corrected chi connectivity index (χ3v) is 4.72. The molecule has 6 heteroatoms. The van der Waals surface area contributed by atoms with E-state index in [1.807, 2.05) is 0 Å². The molecule has 1 aromatic carbocycles. The van der Waals surface area contributed by atoms with Gasteiger partial charge in [0.05, 0.1) is 18.2 Å². The molecule has 2 aliphatic heterocycles. The maximum atomic E-state index is 12.7. The Kier molecular flexibility index (Phi) is 4.47. The fourth-order valence-corrected chi connectivity index (χ4v) is 3.36. The first-order chi connectivity index (χ1) is 10.6. The molecule has 22 heavy (non-hydrogen) atoms. The van der Waals surface area contributed by atoms with E-state index in [4.69, 9.17) is 11.6 Å². The summed E-state index contributed by atoms with van der Waals surface area (Å²) in [7, 11) is 0. The van der Waals surface area contributed by atoms with Gasteiger partial charge >= 0.3 is 0 Å².